The summed E-state index contributed by atoms with van der Waals surface area (Å²) < 4.78 is 10.9. The SMILES string of the molecule is c1cc2c(cc1C[NH+]1CCC([NH+]3CCCCCC3)CC1)OCO2. The zero-order valence-corrected chi connectivity index (χ0v) is 14.1. The van der Waals surface area contributed by atoms with Gasteiger partial charge in [0.15, 0.2) is 11.5 Å². The van der Waals surface area contributed by atoms with Gasteiger partial charge in [-0.2, -0.15) is 0 Å². The van der Waals surface area contributed by atoms with Crippen molar-refractivity contribution in [3.8, 4) is 11.5 Å². The fraction of sp³-hybridized carbons (Fsp3) is 0.684. The predicted octanol–water partition coefficient (Wildman–Crippen LogP) is 0.422. The summed E-state index contributed by atoms with van der Waals surface area (Å²) in [6.45, 7) is 6.98. The molecule has 3 aliphatic rings. The number of hydrogen-bond acceptors (Lipinski definition) is 2. The van der Waals surface area contributed by atoms with E-state index >= 15 is 0 Å². The van der Waals surface area contributed by atoms with Gasteiger partial charge < -0.3 is 19.3 Å². The van der Waals surface area contributed by atoms with Gasteiger partial charge in [0.05, 0.1) is 32.2 Å². The lowest BCUT2D eigenvalue weighted by molar-refractivity contribution is -0.963. The van der Waals surface area contributed by atoms with Gasteiger partial charge in [0.1, 0.15) is 6.54 Å². The van der Waals surface area contributed by atoms with E-state index in [1.807, 2.05) is 4.90 Å². The summed E-state index contributed by atoms with van der Waals surface area (Å²) in [5, 5.41) is 0. The zero-order valence-electron chi connectivity index (χ0n) is 14.1. The second-order valence-electron chi connectivity index (χ2n) is 7.46. The molecular formula is C19H30N2O2+2. The first-order valence-electron chi connectivity index (χ1n) is 9.45. The van der Waals surface area contributed by atoms with Crippen LogP contribution in [0.15, 0.2) is 18.2 Å². The number of fused-ring (bicyclic) bond motifs is 1. The number of quaternary nitrogens is 2. The minimum Gasteiger partial charge on any atom is -0.454 e. The summed E-state index contributed by atoms with van der Waals surface area (Å²) in [5.41, 5.74) is 1.38. The normalized spacial score (nSPS) is 28.5. The monoisotopic (exact) mass is 318 g/mol. The largest absolute Gasteiger partial charge is 0.454 e. The van der Waals surface area contributed by atoms with Crippen molar-refractivity contribution in [1.82, 2.24) is 0 Å². The van der Waals surface area contributed by atoms with E-state index in [0.717, 1.165) is 24.1 Å². The highest BCUT2D eigenvalue weighted by Gasteiger charge is 2.30. The molecular weight excluding hydrogens is 288 g/mol. The van der Waals surface area contributed by atoms with Crippen LogP contribution in [0.4, 0.5) is 0 Å². The average molecular weight is 318 g/mol. The van der Waals surface area contributed by atoms with Crippen molar-refractivity contribution in [1.29, 1.82) is 0 Å². The van der Waals surface area contributed by atoms with Crippen LogP contribution >= 0.6 is 0 Å². The minimum absolute atomic E-state index is 0.371. The topological polar surface area (TPSA) is 27.3 Å². The molecule has 0 aliphatic carbocycles. The first-order chi connectivity index (χ1) is 11.4. The lowest BCUT2D eigenvalue weighted by Gasteiger charge is -2.34. The van der Waals surface area contributed by atoms with Crippen molar-refractivity contribution in [2.24, 2.45) is 0 Å². The van der Waals surface area contributed by atoms with Gasteiger partial charge >= 0.3 is 0 Å². The molecule has 0 bridgehead atoms. The first kappa shape index (κ1) is 15.3. The van der Waals surface area contributed by atoms with Crippen LogP contribution in [0.3, 0.4) is 0 Å². The van der Waals surface area contributed by atoms with Crippen LogP contribution in [0.5, 0.6) is 11.5 Å². The number of nitrogens with one attached hydrogen (secondary N) is 2. The second kappa shape index (κ2) is 7.10. The lowest BCUT2D eigenvalue weighted by atomic mass is 10.0. The van der Waals surface area contributed by atoms with Crippen LogP contribution in [-0.4, -0.2) is 39.0 Å². The molecule has 0 spiro atoms. The van der Waals surface area contributed by atoms with Crippen molar-refractivity contribution in [2.45, 2.75) is 51.1 Å². The smallest absolute Gasteiger partial charge is 0.231 e. The Hall–Kier alpha value is -1.26. The van der Waals surface area contributed by atoms with Crippen molar-refractivity contribution >= 4 is 0 Å². The maximum absolute atomic E-state index is 5.50. The molecule has 0 radical (unpaired) electrons. The van der Waals surface area contributed by atoms with Crippen LogP contribution in [0.2, 0.25) is 0 Å². The molecule has 0 amide bonds. The van der Waals surface area contributed by atoms with E-state index in [0.29, 0.717) is 6.79 Å². The summed E-state index contributed by atoms with van der Waals surface area (Å²) >= 11 is 0. The van der Waals surface area contributed by atoms with E-state index in [1.54, 1.807) is 4.90 Å². The van der Waals surface area contributed by atoms with Crippen molar-refractivity contribution < 1.29 is 19.3 Å². The van der Waals surface area contributed by atoms with Gasteiger partial charge in [0, 0.05) is 18.4 Å². The number of benzene rings is 1. The number of piperidine rings is 1. The first-order valence-corrected chi connectivity index (χ1v) is 9.45. The Morgan fingerprint density at radius 1 is 0.870 bits per heavy atom. The standard InChI is InChI=1S/C19H28N2O2/c1-2-4-10-21(9-3-1)17-7-11-20(12-8-17)14-16-5-6-18-19(13-16)23-15-22-18/h5-6,13,17H,1-4,7-12,14-15H2/p+2. The predicted molar refractivity (Wildman–Crippen MR) is 89.2 cm³/mol. The van der Waals surface area contributed by atoms with Gasteiger partial charge in [-0.3, -0.25) is 0 Å². The Morgan fingerprint density at radius 3 is 2.39 bits per heavy atom. The molecule has 2 saturated heterocycles. The lowest BCUT2D eigenvalue weighted by Crippen LogP contribution is -3.20. The van der Waals surface area contributed by atoms with Crippen molar-refractivity contribution in [3.05, 3.63) is 23.8 Å². The summed E-state index contributed by atoms with van der Waals surface area (Å²) in [7, 11) is 0. The quantitative estimate of drug-likeness (QED) is 0.845. The van der Waals surface area contributed by atoms with Gasteiger partial charge in [-0.05, 0) is 43.9 Å². The molecule has 4 heteroatoms. The van der Waals surface area contributed by atoms with E-state index in [-0.39, 0.29) is 0 Å². The van der Waals surface area contributed by atoms with Gasteiger partial charge in [-0.25, -0.2) is 0 Å². The van der Waals surface area contributed by atoms with Crippen LogP contribution in [-0.2, 0) is 6.54 Å². The third-order valence-electron chi connectivity index (χ3n) is 5.91. The summed E-state index contributed by atoms with van der Waals surface area (Å²) in [6.07, 6.45) is 8.60. The third kappa shape index (κ3) is 3.64. The van der Waals surface area contributed by atoms with Gasteiger partial charge in [0.2, 0.25) is 6.79 Å². The van der Waals surface area contributed by atoms with Crippen LogP contribution in [0.25, 0.3) is 0 Å². The highest BCUT2D eigenvalue weighted by molar-refractivity contribution is 5.44. The Labute approximate surface area is 139 Å². The van der Waals surface area contributed by atoms with Gasteiger partial charge in [0.25, 0.3) is 0 Å². The highest BCUT2D eigenvalue weighted by Crippen LogP contribution is 2.32. The summed E-state index contributed by atoms with van der Waals surface area (Å²) in [6, 6.07) is 7.35. The fourth-order valence-electron chi connectivity index (χ4n) is 4.54. The van der Waals surface area contributed by atoms with Crippen LogP contribution in [0, 0.1) is 0 Å². The second-order valence-corrected chi connectivity index (χ2v) is 7.46. The van der Waals surface area contributed by atoms with E-state index in [2.05, 4.69) is 18.2 Å². The van der Waals surface area contributed by atoms with E-state index < -0.39 is 0 Å². The molecule has 0 aromatic heterocycles. The molecule has 3 aliphatic heterocycles. The molecule has 2 N–H and O–H groups in total. The molecule has 0 unspecified atom stereocenters. The molecule has 0 atom stereocenters. The molecule has 23 heavy (non-hydrogen) atoms. The highest BCUT2D eigenvalue weighted by atomic mass is 16.7. The van der Waals surface area contributed by atoms with E-state index in [9.17, 15) is 0 Å². The molecule has 1 aromatic carbocycles. The molecule has 1 aromatic rings. The molecule has 4 rings (SSSR count). The molecule has 3 heterocycles. The van der Waals surface area contributed by atoms with Crippen LogP contribution < -0.4 is 19.3 Å². The summed E-state index contributed by atoms with van der Waals surface area (Å²) in [5.74, 6) is 1.82. The molecule has 0 saturated carbocycles. The Bertz CT molecular complexity index is 518. The summed E-state index contributed by atoms with van der Waals surface area (Å²) in [4.78, 5) is 3.64. The Balaban J connectivity index is 1.29. The number of likely N-dealkylation sites (tertiary alicyclic amines) is 2. The average Bonchev–Trinajstić information content (AvgIpc) is 2.88. The van der Waals surface area contributed by atoms with Gasteiger partial charge in [-0.15, -0.1) is 0 Å². The van der Waals surface area contributed by atoms with Crippen molar-refractivity contribution in [2.75, 3.05) is 33.0 Å². The van der Waals surface area contributed by atoms with Crippen molar-refractivity contribution in [3.63, 3.8) is 0 Å². The Morgan fingerprint density at radius 2 is 1.61 bits per heavy atom. The number of rotatable bonds is 3. The fourth-order valence-corrected chi connectivity index (χ4v) is 4.54. The third-order valence-corrected chi connectivity index (χ3v) is 5.91. The molecule has 2 fully saturated rings. The Kier molecular flexibility index (Phi) is 4.72. The maximum Gasteiger partial charge on any atom is 0.231 e. The van der Waals surface area contributed by atoms with E-state index in [4.69, 9.17) is 9.47 Å². The molecule has 4 nitrogen and oxygen atoms in total. The van der Waals surface area contributed by atoms with Crippen LogP contribution in [0.1, 0.15) is 44.1 Å². The zero-order chi connectivity index (χ0) is 15.5. The maximum atomic E-state index is 5.50. The van der Waals surface area contributed by atoms with Gasteiger partial charge in [-0.1, -0.05) is 0 Å². The molecule has 126 valence electrons. The minimum atomic E-state index is 0.371. The number of hydrogen-bond donors (Lipinski definition) is 2. The number of ether oxygens (including phenoxy) is 2. The van der Waals surface area contributed by atoms with E-state index in [1.165, 1.54) is 70.3 Å².